The molecule has 6 heteroatoms. The molecule has 0 saturated carbocycles. The predicted molar refractivity (Wildman–Crippen MR) is 84.6 cm³/mol. The molecule has 0 heterocycles. The van der Waals surface area contributed by atoms with Gasteiger partial charge in [0.25, 0.3) is 0 Å². The number of hydrogen-bond donors (Lipinski definition) is 1. The van der Waals surface area contributed by atoms with Crippen LogP contribution in [-0.2, 0) is 21.1 Å². The first-order valence-corrected chi connectivity index (χ1v) is 9.08. The normalized spacial score (nSPS) is 11.6. The van der Waals surface area contributed by atoms with E-state index in [9.17, 15) is 8.42 Å². The van der Waals surface area contributed by atoms with Crippen molar-refractivity contribution in [2.75, 3.05) is 38.9 Å². The molecule has 0 amide bonds. The average Bonchev–Trinajstić information content (AvgIpc) is 2.40. The summed E-state index contributed by atoms with van der Waals surface area (Å²) in [7, 11) is -1.25. The maximum absolute atomic E-state index is 11.1. The van der Waals surface area contributed by atoms with E-state index in [0.29, 0.717) is 26.2 Å². The molecule has 1 aromatic carbocycles. The lowest BCUT2D eigenvalue weighted by Crippen LogP contribution is -2.19. The number of aryl methyl sites for hydroxylation is 1. The lowest BCUT2D eigenvalue weighted by atomic mass is 10.1. The molecule has 0 atom stereocenters. The summed E-state index contributed by atoms with van der Waals surface area (Å²) in [4.78, 5) is 0. The number of ether oxygens (including phenoxy) is 2. The van der Waals surface area contributed by atoms with E-state index in [1.807, 2.05) is 19.1 Å². The van der Waals surface area contributed by atoms with Crippen molar-refractivity contribution in [2.24, 2.45) is 0 Å². The van der Waals surface area contributed by atoms with E-state index in [2.05, 4.69) is 11.4 Å². The fourth-order valence-electron chi connectivity index (χ4n) is 1.89. The molecule has 5 nitrogen and oxygen atoms in total. The molecular weight excluding hydrogens is 290 g/mol. The van der Waals surface area contributed by atoms with Gasteiger partial charge in [-0.25, -0.2) is 8.42 Å². The summed E-state index contributed by atoms with van der Waals surface area (Å²) in [6.07, 6.45) is 1.74. The number of benzene rings is 1. The zero-order valence-electron chi connectivity index (χ0n) is 13.0. The van der Waals surface area contributed by atoms with E-state index in [1.165, 1.54) is 11.8 Å². The van der Waals surface area contributed by atoms with Crippen LogP contribution in [0.3, 0.4) is 0 Å². The van der Waals surface area contributed by atoms with E-state index >= 15 is 0 Å². The fourth-order valence-corrected chi connectivity index (χ4v) is 2.53. The summed E-state index contributed by atoms with van der Waals surface area (Å²) >= 11 is 0. The Balaban J connectivity index is 2.51. The van der Waals surface area contributed by atoms with Gasteiger partial charge < -0.3 is 14.8 Å². The molecule has 0 radical (unpaired) electrons. The van der Waals surface area contributed by atoms with E-state index in [1.54, 1.807) is 7.11 Å². The number of nitrogens with one attached hydrogen (secondary N) is 1. The van der Waals surface area contributed by atoms with Gasteiger partial charge in [0, 0.05) is 32.0 Å². The molecule has 120 valence electrons. The van der Waals surface area contributed by atoms with Crippen molar-refractivity contribution >= 4 is 9.84 Å². The molecule has 1 N–H and O–H groups in total. The van der Waals surface area contributed by atoms with Crippen LogP contribution in [0.5, 0.6) is 5.75 Å². The Labute approximate surface area is 127 Å². The zero-order valence-corrected chi connectivity index (χ0v) is 13.8. The first-order valence-electron chi connectivity index (χ1n) is 7.02. The van der Waals surface area contributed by atoms with Crippen LogP contribution in [0.25, 0.3) is 0 Å². The Morgan fingerprint density at radius 1 is 1.24 bits per heavy atom. The summed E-state index contributed by atoms with van der Waals surface area (Å²) < 4.78 is 32.9. The molecule has 0 aliphatic carbocycles. The fraction of sp³-hybridized carbons (Fsp3) is 0.600. The van der Waals surface area contributed by atoms with Gasteiger partial charge in [0.15, 0.2) is 0 Å². The second-order valence-corrected chi connectivity index (χ2v) is 7.37. The second kappa shape index (κ2) is 9.02. The van der Waals surface area contributed by atoms with Crippen molar-refractivity contribution in [3.05, 3.63) is 29.3 Å². The Morgan fingerprint density at radius 3 is 2.67 bits per heavy atom. The molecular formula is C15H25NO4S. The highest BCUT2D eigenvalue weighted by molar-refractivity contribution is 7.90. The van der Waals surface area contributed by atoms with Gasteiger partial charge in [-0.15, -0.1) is 0 Å². The molecule has 0 spiro atoms. The molecule has 0 bridgehead atoms. The van der Waals surface area contributed by atoms with Gasteiger partial charge >= 0.3 is 0 Å². The topological polar surface area (TPSA) is 64.6 Å². The number of rotatable bonds is 10. The molecule has 21 heavy (non-hydrogen) atoms. The lowest BCUT2D eigenvalue weighted by Gasteiger charge is -2.13. The predicted octanol–water partition coefficient (Wildman–Crippen LogP) is 1.54. The summed E-state index contributed by atoms with van der Waals surface area (Å²) in [5, 5.41) is 3.28. The minimum Gasteiger partial charge on any atom is -0.493 e. The van der Waals surface area contributed by atoms with Gasteiger partial charge in [-0.2, -0.15) is 0 Å². The van der Waals surface area contributed by atoms with Gasteiger partial charge in [0.2, 0.25) is 0 Å². The summed E-state index contributed by atoms with van der Waals surface area (Å²) in [5.74, 6) is 0.958. The first kappa shape index (κ1) is 17.9. The Bertz CT molecular complexity index is 528. The largest absolute Gasteiger partial charge is 0.493 e. The van der Waals surface area contributed by atoms with Crippen molar-refractivity contribution < 1.29 is 17.9 Å². The van der Waals surface area contributed by atoms with Crippen molar-refractivity contribution in [2.45, 2.75) is 19.9 Å². The van der Waals surface area contributed by atoms with Gasteiger partial charge in [-0.1, -0.05) is 17.7 Å². The van der Waals surface area contributed by atoms with Gasteiger partial charge in [-0.3, -0.25) is 0 Å². The van der Waals surface area contributed by atoms with Crippen LogP contribution in [0.4, 0.5) is 0 Å². The molecule has 0 unspecified atom stereocenters. The molecule has 0 aliphatic heterocycles. The summed E-state index contributed by atoms with van der Waals surface area (Å²) in [5.41, 5.74) is 2.24. The molecule has 0 saturated heterocycles. The van der Waals surface area contributed by atoms with E-state index in [4.69, 9.17) is 9.47 Å². The van der Waals surface area contributed by atoms with E-state index in [-0.39, 0.29) is 5.75 Å². The Kier molecular flexibility index (Phi) is 7.71. The standard InChI is InChI=1S/C15H25NO4S/c1-13-5-6-15(20-8-4-10-21(3,17)18)14(11-13)12-16-7-9-19-2/h5-6,11,16H,4,7-10,12H2,1-3H3. The number of hydrogen-bond acceptors (Lipinski definition) is 5. The quantitative estimate of drug-likeness (QED) is 0.664. The number of methoxy groups -OCH3 is 1. The van der Waals surface area contributed by atoms with Gasteiger partial charge in [-0.05, 0) is 19.4 Å². The molecule has 0 aromatic heterocycles. The van der Waals surface area contributed by atoms with Crippen LogP contribution in [-0.4, -0.2) is 47.3 Å². The molecule has 0 aliphatic rings. The van der Waals surface area contributed by atoms with Crippen LogP contribution in [0, 0.1) is 6.92 Å². The Morgan fingerprint density at radius 2 is 2.00 bits per heavy atom. The van der Waals surface area contributed by atoms with Crippen LogP contribution >= 0.6 is 0 Å². The third kappa shape index (κ3) is 8.04. The minimum atomic E-state index is -2.92. The maximum Gasteiger partial charge on any atom is 0.147 e. The van der Waals surface area contributed by atoms with Gasteiger partial charge in [0.1, 0.15) is 15.6 Å². The SMILES string of the molecule is COCCNCc1cc(C)ccc1OCCCS(C)(=O)=O. The summed E-state index contributed by atoms with van der Waals surface area (Å²) in [6.45, 7) is 4.58. The first-order chi connectivity index (χ1) is 9.92. The van der Waals surface area contributed by atoms with Crippen LogP contribution in [0.15, 0.2) is 18.2 Å². The second-order valence-electron chi connectivity index (χ2n) is 5.11. The monoisotopic (exact) mass is 315 g/mol. The third-order valence-electron chi connectivity index (χ3n) is 2.93. The van der Waals surface area contributed by atoms with Crippen LogP contribution in [0.2, 0.25) is 0 Å². The van der Waals surface area contributed by atoms with Crippen LogP contribution in [0.1, 0.15) is 17.5 Å². The Hall–Kier alpha value is -1.11. The van der Waals surface area contributed by atoms with E-state index < -0.39 is 9.84 Å². The smallest absolute Gasteiger partial charge is 0.147 e. The molecule has 1 rings (SSSR count). The third-order valence-corrected chi connectivity index (χ3v) is 3.96. The van der Waals surface area contributed by atoms with Crippen molar-refractivity contribution in [3.63, 3.8) is 0 Å². The van der Waals surface area contributed by atoms with Crippen molar-refractivity contribution in [3.8, 4) is 5.75 Å². The van der Waals surface area contributed by atoms with Crippen molar-refractivity contribution in [1.82, 2.24) is 5.32 Å². The number of sulfone groups is 1. The summed E-state index contributed by atoms with van der Waals surface area (Å²) in [6, 6.07) is 6.00. The van der Waals surface area contributed by atoms with Crippen LogP contribution < -0.4 is 10.1 Å². The lowest BCUT2D eigenvalue weighted by molar-refractivity contribution is 0.199. The molecule has 0 fully saturated rings. The van der Waals surface area contributed by atoms with Gasteiger partial charge in [0.05, 0.1) is 19.0 Å². The zero-order chi connectivity index (χ0) is 15.7. The maximum atomic E-state index is 11.1. The minimum absolute atomic E-state index is 0.153. The molecule has 1 aromatic rings. The average molecular weight is 315 g/mol. The van der Waals surface area contributed by atoms with Crippen molar-refractivity contribution in [1.29, 1.82) is 0 Å². The highest BCUT2D eigenvalue weighted by atomic mass is 32.2. The highest BCUT2D eigenvalue weighted by Gasteiger charge is 2.06. The highest BCUT2D eigenvalue weighted by Crippen LogP contribution is 2.20. The van der Waals surface area contributed by atoms with E-state index in [0.717, 1.165) is 17.9 Å².